The van der Waals surface area contributed by atoms with E-state index >= 15 is 0 Å². The lowest BCUT2D eigenvalue weighted by Gasteiger charge is -2.23. The van der Waals surface area contributed by atoms with Crippen LogP contribution in [-0.4, -0.2) is 32.1 Å². The minimum atomic E-state index is -2.90. The third-order valence-electron chi connectivity index (χ3n) is 1.92. The number of sulfone groups is 1. The van der Waals surface area contributed by atoms with Crippen LogP contribution in [0.3, 0.4) is 0 Å². The fourth-order valence-electron chi connectivity index (χ4n) is 1.24. The SMILES string of the molecule is CC(C)(CCCCS(C)(=O)=O)OC(N)=O. The van der Waals surface area contributed by atoms with E-state index < -0.39 is 21.5 Å². The topological polar surface area (TPSA) is 86.5 Å². The van der Waals surface area contributed by atoms with Crippen LogP contribution in [0.5, 0.6) is 0 Å². The lowest BCUT2D eigenvalue weighted by molar-refractivity contribution is 0.0376. The van der Waals surface area contributed by atoms with Gasteiger partial charge in [0.25, 0.3) is 0 Å². The van der Waals surface area contributed by atoms with Gasteiger partial charge >= 0.3 is 6.09 Å². The van der Waals surface area contributed by atoms with Crippen molar-refractivity contribution in [1.29, 1.82) is 0 Å². The van der Waals surface area contributed by atoms with Gasteiger partial charge in [0, 0.05) is 12.0 Å². The first-order valence-corrected chi connectivity index (χ1v) is 6.85. The second-order valence-corrected chi connectivity index (χ2v) is 6.53. The molecule has 0 spiro atoms. The van der Waals surface area contributed by atoms with Crippen molar-refractivity contribution >= 4 is 15.9 Å². The number of nitrogens with two attached hydrogens (primary N) is 1. The third kappa shape index (κ3) is 9.52. The molecule has 15 heavy (non-hydrogen) atoms. The van der Waals surface area contributed by atoms with Crippen molar-refractivity contribution in [3.63, 3.8) is 0 Å². The number of carbonyl (C=O) groups excluding carboxylic acids is 1. The highest BCUT2D eigenvalue weighted by molar-refractivity contribution is 7.90. The highest BCUT2D eigenvalue weighted by Gasteiger charge is 2.20. The van der Waals surface area contributed by atoms with E-state index in [1.165, 1.54) is 6.26 Å². The standard InChI is InChI=1S/C9H19NO4S/c1-9(2,14-8(10)11)6-4-5-7-15(3,12)13/h4-7H2,1-3H3,(H2,10,11). The Labute approximate surface area is 90.9 Å². The van der Waals surface area contributed by atoms with E-state index in [4.69, 9.17) is 10.5 Å². The van der Waals surface area contributed by atoms with Gasteiger partial charge in [-0.2, -0.15) is 0 Å². The van der Waals surface area contributed by atoms with Crippen molar-refractivity contribution in [3.8, 4) is 0 Å². The molecule has 0 radical (unpaired) electrons. The Hall–Kier alpha value is -0.780. The Balaban J connectivity index is 3.80. The maximum absolute atomic E-state index is 10.8. The second kappa shape index (κ2) is 5.34. The van der Waals surface area contributed by atoms with E-state index in [2.05, 4.69) is 0 Å². The van der Waals surface area contributed by atoms with Gasteiger partial charge in [0.05, 0.1) is 0 Å². The molecule has 0 fully saturated rings. The summed E-state index contributed by atoms with van der Waals surface area (Å²) in [5, 5.41) is 0. The molecule has 0 saturated heterocycles. The number of primary amides is 1. The van der Waals surface area contributed by atoms with Crippen LogP contribution in [0.2, 0.25) is 0 Å². The average Bonchev–Trinajstić information content (AvgIpc) is 1.93. The number of ether oxygens (including phenoxy) is 1. The van der Waals surface area contributed by atoms with Gasteiger partial charge in [-0.15, -0.1) is 0 Å². The van der Waals surface area contributed by atoms with Crippen LogP contribution >= 0.6 is 0 Å². The zero-order chi connectivity index (χ0) is 12.1. The van der Waals surface area contributed by atoms with Crippen molar-refractivity contribution in [2.75, 3.05) is 12.0 Å². The lowest BCUT2D eigenvalue weighted by Crippen LogP contribution is -2.31. The molecule has 0 aliphatic carbocycles. The van der Waals surface area contributed by atoms with Crippen molar-refractivity contribution in [1.82, 2.24) is 0 Å². The van der Waals surface area contributed by atoms with Gasteiger partial charge in [-0.1, -0.05) is 0 Å². The largest absolute Gasteiger partial charge is 0.444 e. The predicted molar refractivity (Wildman–Crippen MR) is 58.3 cm³/mol. The van der Waals surface area contributed by atoms with Crippen LogP contribution in [0.4, 0.5) is 4.79 Å². The number of amides is 1. The number of hydrogen-bond acceptors (Lipinski definition) is 4. The Morgan fingerprint density at radius 1 is 1.33 bits per heavy atom. The summed E-state index contributed by atoms with van der Waals surface area (Å²) in [5.74, 6) is 0.166. The molecule has 0 aromatic rings. The number of unbranched alkanes of at least 4 members (excludes halogenated alkanes) is 1. The zero-order valence-electron chi connectivity index (χ0n) is 9.45. The summed E-state index contributed by atoms with van der Waals surface area (Å²) in [7, 11) is -2.90. The number of hydrogen-bond donors (Lipinski definition) is 1. The summed E-state index contributed by atoms with van der Waals surface area (Å²) in [6.07, 6.45) is 2.27. The van der Waals surface area contributed by atoms with Crippen LogP contribution in [0, 0.1) is 0 Å². The molecule has 2 N–H and O–H groups in total. The molecule has 0 heterocycles. The monoisotopic (exact) mass is 237 g/mol. The van der Waals surface area contributed by atoms with E-state index in [9.17, 15) is 13.2 Å². The normalized spacial score (nSPS) is 12.5. The molecular formula is C9H19NO4S. The van der Waals surface area contributed by atoms with Gasteiger partial charge in [-0.3, -0.25) is 0 Å². The lowest BCUT2D eigenvalue weighted by atomic mass is 10.0. The van der Waals surface area contributed by atoms with E-state index in [-0.39, 0.29) is 5.75 Å². The van der Waals surface area contributed by atoms with E-state index in [1.807, 2.05) is 0 Å². The molecule has 0 aromatic carbocycles. The van der Waals surface area contributed by atoms with Crippen molar-refractivity contribution in [2.24, 2.45) is 5.73 Å². The van der Waals surface area contributed by atoms with Crippen LogP contribution in [0.1, 0.15) is 33.1 Å². The highest BCUT2D eigenvalue weighted by Crippen LogP contribution is 2.17. The van der Waals surface area contributed by atoms with E-state index in [0.717, 1.165) is 0 Å². The Morgan fingerprint density at radius 3 is 2.27 bits per heavy atom. The molecule has 0 bridgehead atoms. The highest BCUT2D eigenvalue weighted by atomic mass is 32.2. The molecular weight excluding hydrogens is 218 g/mol. The smallest absolute Gasteiger partial charge is 0.405 e. The minimum absolute atomic E-state index is 0.166. The fraction of sp³-hybridized carbons (Fsp3) is 0.889. The van der Waals surface area contributed by atoms with Gasteiger partial charge < -0.3 is 10.5 Å². The fourth-order valence-corrected chi connectivity index (χ4v) is 1.97. The Bertz CT molecular complexity index is 308. The maximum atomic E-state index is 10.8. The van der Waals surface area contributed by atoms with Crippen molar-refractivity contribution < 1.29 is 17.9 Å². The number of rotatable bonds is 6. The van der Waals surface area contributed by atoms with Gasteiger partial charge in [0.2, 0.25) is 0 Å². The van der Waals surface area contributed by atoms with Gasteiger partial charge in [-0.25, -0.2) is 13.2 Å². The molecule has 0 rings (SSSR count). The molecule has 0 atom stereocenters. The van der Waals surface area contributed by atoms with Crippen LogP contribution in [0.25, 0.3) is 0 Å². The van der Waals surface area contributed by atoms with Crippen LogP contribution < -0.4 is 5.73 Å². The van der Waals surface area contributed by atoms with Crippen molar-refractivity contribution in [3.05, 3.63) is 0 Å². The molecule has 6 heteroatoms. The van der Waals surface area contributed by atoms with Crippen LogP contribution in [-0.2, 0) is 14.6 Å². The zero-order valence-corrected chi connectivity index (χ0v) is 10.3. The minimum Gasteiger partial charge on any atom is -0.444 e. The van der Waals surface area contributed by atoms with Gasteiger partial charge in [-0.05, 0) is 33.1 Å². The van der Waals surface area contributed by atoms with Crippen molar-refractivity contribution in [2.45, 2.75) is 38.7 Å². The third-order valence-corrected chi connectivity index (χ3v) is 2.95. The summed E-state index contributed by atoms with van der Waals surface area (Å²) in [6, 6.07) is 0. The molecule has 90 valence electrons. The molecule has 0 aromatic heterocycles. The van der Waals surface area contributed by atoms with E-state index in [0.29, 0.717) is 19.3 Å². The molecule has 0 saturated carbocycles. The molecule has 0 aliphatic heterocycles. The van der Waals surface area contributed by atoms with E-state index in [1.54, 1.807) is 13.8 Å². The Morgan fingerprint density at radius 2 is 1.87 bits per heavy atom. The molecule has 1 amide bonds. The average molecular weight is 237 g/mol. The summed E-state index contributed by atoms with van der Waals surface area (Å²) in [4.78, 5) is 10.5. The maximum Gasteiger partial charge on any atom is 0.405 e. The first kappa shape index (κ1) is 14.2. The van der Waals surface area contributed by atoms with Gasteiger partial charge in [0.1, 0.15) is 15.4 Å². The molecule has 0 unspecified atom stereocenters. The first-order chi connectivity index (χ1) is 6.62. The quantitative estimate of drug-likeness (QED) is 0.700. The first-order valence-electron chi connectivity index (χ1n) is 4.78. The second-order valence-electron chi connectivity index (χ2n) is 4.27. The summed E-state index contributed by atoms with van der Waals surface area (Å²) in [6.45, 7) is 3.50. The molecule has 0 aliphatic rings. The summed E-state index contributed by atoms with van der Waals surface area (Å²) in [5.41, 5.74) is 4.27. The van der Waals surface area contributed by atoms with Crippen LogP contribution in [0.15, 0.2) is 0 Å². The predicted octanol–water partition coefficient (Wildman–Crippen LogP) is 1.08. The summed E-state index contributed by atoms with van der Waals surface area (Å²) >= 11 is 0. The van der Waals surface area contributed by atoms with Gasteiger partial charge in [0.15, 0.2) is 0 Å². The Kier molecular flexibility index (Phi) is 5.07. The molecule has 5 nitrogen and oxygen atoms in total. The summed E-state index contributed by atoms with van der Waals surface area (Å²) < 4.78 is 26.5. The number of carbonyl (C=O) groups is 1.